The maximum Gasteiger partial charge on any atom is 0.250 e. The van der Waals surface area contributed by atoms with Crippen LogP contribution < -0.4 is 10.6 Å². The van der Waals surface area contributed by atoms with Gasteiger partial charge in [-0.25, -0.2) is 0 Å². The zero-order valence-corrected chi connectivity index (χ0v) is 10.9. The minimum absolute atomic E-state index is 0.0276. The number of benzene rings is 1. The number of aryl methyl sites for hydroxylation is 1. The van der Waals surface area contributed by atoms with E-state index >= 15 is 0 Å². The van der Waals surface area contributed by atoms with Crippen LogP contribution in [0.3, 0.4) is 0 Å². The van der Waals surface area contributed by atoms with Crippen molar-refractivity contribution in [3.05, 3.63) is 23.8 Å². The summed E-state index contributed by atoms with van der Waals surface area (Å²) in [7, 11) is 0. The molecule has 0 fully saturated rings. The van der Waals surface area contributed by atoms with Crippen LogP contribution >= 0.6 is 0 Å². The summed E-state index contributed by atoms with van der Waals surface area (Å²) in [5.74, 6) is -0.356. The molecule has 5 heteroatoms. The fourth-order valence-electron chi connectivity index (χ4n) is 1.42. The Hall–Kier alpha value is -1.88. The Bertz CT molecular complexity index is 444. The third-order valence-electron chi connectivity index (χ3n) is 2.27. The Morgan fingerprint density at radius 1 is 1.28 bits per heavy atom. The van der Waals surface area contributed by atoms with Crippen LogP contribution in [0.25, 0.3) is 0 Å². The average molecular weight is 250 g/mol. The summed E-state index contributed by atoms with van der Waals surface area (Å²) in [5, 5.41) is 5.41. The van der Waals surface area contributed by atoms with Crippen LogP contribution in [0.15, 0.2) is 18.2 Å². The highest BCUT2D eigenvalue weighted by atomic mass is 16.5. The highest BCUT2D eigenvalue weighted by molar-refractivity contribution is 5.94. The van der Waals surface area contributed by atoms with Crippen molar-refractivity contribution in [3.63, 3.8) is 0 Å². The van der Waals surface area contributed by atoms with Gasteiger partial charge in [-0.15, -0.1) is 0 Å². The molecule has 0 saturated carbocycles. The molecule has 0 atom stereocenters. The van der Waals surface area contributed by atoms with Gasteiger partial charge in [0.1, 0.15) is 6.61 Å². The molecule has 0 aliphatic heterocycles. The molecule has 1 aromatic rings. The quantitative estimate of drug-likeness (QED) is 0.839. The maximum absolute atomic E-state index is 11.5. The third-order valence-corrected chi connectivity index (χ3v) is 2.27. The van der Waals surface area contributed by atoms with Gasteiger partial charge in [0.15, 0.2) is 0 Å². The van der Waals surface area contributed by atoms with E-state index in [4.69, 9.17) is 4.74 Å². The first-order chi connectivity index (χ1) is 8.52. The number of anilines is 2. The number of nitrogens with one attached hydrogen (secondary N) is 2. The highest BCUT2D eigenvalue weighted by Crippen LogP contribution is 2.20. The van der Waals surface area contributed by atoms with Gasteiger partial charge in [0.25, 0.3) is 0 Å². The van der Waals surface area contributed by atoms with E-state index in [9.17, 15) is 9.59 Å². The molecule has 98 valence electrons. The van der Waals surface area contributed by atoms with Gasteiger partial charge in [-0.2, -0.15) is 0 Å². The molecule has 0 spiro atoms. The first-order valence-corrected chi connectivity index (χ1v) is 5.78. The Balaban J connectivity index is 2.72. The van der Waals surface area contributed by atoms with Crippen molar-refractivity contribution >= 4 is 23.2 Å². The van der Waals surface area contributed by atoms with Crippen LogP contribution in [0.4, 0.5) is 11.4 Å². The van der Waals surface area contributed by atoms with E-state index in [1.165, 1.54) is 6.92 Å². The van der Waals surface area contributed by atoms with Crippen LogP contribution in [-0.4, -0.2) is 25.0 Å². The zero-order chi connectivity index (χ0) is 13.5. The monoisotopic (exact) mass is 250 g/mol. The van der Waals surface area contributed by atoms with E-state index in [1.54, 1.807) is 12.1 Å². The molecule has 0 saturated heterocycles. The summed E-state index contributed by atoms with van der Waals surface area (Å²) in [6.07, 6.45) is 0. The lowest BCUT2D eigenvalue weighted by molar-refractivity contribution is -0.120. The SMILES string of the molecule is CCOCC(=O)Nc1ccc(C)c(NC(C)=O)c1. The first kappa shape index (κ1) is 14.2. The molecule has 0 aliphatic carbocycles. The van der Waals surface area contributed by atoms with E-state index in [0.717, 1.165) is 5.56 Å². The predicted octanol–water partition coefficient (Wildman–Crippen LogP) is 1.93. The summed E-state index contributed by atoms with van der Waals surface area (Å²) >= 11 is 0. The van der Waals surface area contributed by atoms with Crippen LogP contribution in [0.5, 0.6) is 0 Å². The second-order valence-corrected chi connectivity index (χ2v) is 3.90. The topological polar surface area (TPSA) is 67.4 Å². The van der Waals surface area contributed by atoms with E-state index < -0.39 is 0 Å². The molecule has 2 N–H and O–H groups in total. The molecule has 1 aromatic carbocycles. The number of carbonyl (C=O) groups excluding carboxylic acids is 2. The average Bonchev–Trinajstić information content (AvgIpc) is 2.30. The molecule has 0 aliphatic rings. The van der Waals surface area contributed by atoms with Gasteiger partial charge in [0.2, 0.25) is 11.8 Å². The summed E-state index contributed by atoms with van der Waals surface area (Å²) in [6, 6.07) is 5.34. The van der Waals surface area contributed by atoms with Gasteiger partial charge in [0, 0.05) is 24.9 Å². The lowest BCUT2D eigenvalue weighted by Crippen LogP contribution is -2.18. The number of rotatable bonds is 5. The van der Waals surface area contributed by atoms with Gasteiger partial charge >= 0.3 is 0 Å². The maximum atomic E-state index is 11.5. The summed E-state index contributed by atoms with van der Waals surface area (Å²) in [5.41, 5.74) is 2.26. The molecule has 2 amide bonds. The molecule has 1 rings (SSSR count). The van der Waals surface area contributed by atoms with Crippen molar-refractivity contribution in [1.82, 2.24) is 0 Å². The van der Waals surface area contributed by atoms with Crippen LogP contribution in [-0.2, 0) is 14.3 Å². The fourth-order valence-corrected chi connectivity index (χ4v) is 1.42. The number of amides is 2. The van der Waals surface area contributed by atoms with Crippen LogP contribution in [0.1, 0.15) is 19.4 Å². The van der Waals surface area contributed by atoms with Crippen molar-refractivity contribution in [2.75, 3.05) is 23.8 Å². The number of hydrogen-bond donors (Lipinski definition) is 2. The molecule has 5 nitrogen and oxygen atoms in total. The summed E-state index contributed by atoms with van der Waals surface area (Å²) in [6.45, 7) is 5.68. The molecule has 0 bridgehead atoms. The minimum atomic E-state index is -0.213. The molecule has 0 heterocycles. The smallest absolute Gasteiger partial charge is 0.250 e. The van der Waals surface area contributed by atoms with E-state index in [0.29, 0.717) is 18.0 Å². The standard InChI is InChI=1S/C13H18N2O3/c1-4-18-8-13(17)15-11-6-5-9(2)12(7-11)14-10(3)16/h5-7H,4,8H2,1-3H3,(H,14,16)(H,15,17). The Labute approximate surface area is 107 Å². The van der Waals surface area contributed by atoms with Crippen molar-refractivity contribution in [2.45, 2.75) is 20.8 Å². The predicted molar refractivity (Wildman–Crippen MR) is 70.6 cm³/mol. The normalized spacial score (nSPS) is 9.94. The number of carbonyl (C=O) groups is 2. The third kappa shape index (κ3) is 4.55. The summed E-state index contributed by atoms with van der Waals surface area (Å²) in [4.78, 5) is 22.5. The fraction of sp³-hybridized carbons (Fsp3) is 0.385. The largest absolute Gasteiger partial charge is 0.372 e. The second-order valence-electron chi connectivity index (χ2n) is 3.90. The Morgan fingerprint density at radius 3 is 2.61 bits per heavy atom. The number of hydrogen-bond acceptors (Lipinski definition) is 3. The van der Waals surface area contributed by atoms with Gasteiger partial charge in [0.05, 0.1) is 0 Å². The Kier molecular flexibility index (Phi) is 5.32. The van der Waals surface area contributed by atoms with E-state index in [1.807, 2.05) is 19.9 Å². The van der Waals surface area contributed by atoms with Gasteiger partial charge < -0.3 is 15.4 Å². The molecule has 18 heavy (non-hydrogen) atoms. The molecule has 0 radical (unpaired) electrons. The zero-order valence-electron chi connectivity index (χ0n) is 10.9. The van der Waals surface area contributed by atoms with Crippen molar-refractivity contribution in [2.24, 2.45) is 0 Å². The minimum Gasteiger partial charge on any atom is -0.372 e. The Morgan fingerprint density at radius 2 is 2.00 bits per heavy atom. The molecular formula is C13H18N2O3. The molecular weight excluding hydrogens is 232 g/mol. The van der Waals surface area contributed by atoms with Crippen molar-refractivity contribution in [3.8, 4) is 0 Å². The highest BCUT2D eigenvalue weighted by Gasteiger charge is 2.05. The second kappa shape index (κ2) is 6.76. The number of ether oxygens (including phenoxy) is 1. The van der Waals surface area contributed by atoms with Crippen molar-refractivity contribution < 1.29 is 14.3 Å². The summed E-state index contributed by atoms with van der Waals surface area (Å²) < 4.78 is 5.00. The van der Waals surface area contributed by atoms with Crippen molar-refractivity contribution in [1.29, 1.82) is 0 Å². The van der Waals surface area contributed by atoms with Crippen LogP contribution in [0.2, 0.25) is 0 Å². The molecule has 0 aromatic heterocycles. The lowest BCUT2D eigenvalue weighted by atomic mass is 10.1. The van der Waals surface area contributed by atoms with E-state index in [-0.39, 0.29) is 18.4 Å². The molecule has 0 unspecified atom stereocenters. The van der Waals surface area contributed by atoms with Gasteiger partial charge in [-0.3, -0.25) is 9.59 Å². The lowest BCUT2D eigenvalue weighted by Gasteiger charge is -2.10. The first-order valence-electron chi connectivity index (χ1n) is 5.78. The van der Waals surface area contributed by atoms with Crippen LogP contribution in [0, 0.1) is 6.92 Å². The van der Waals surface area contributed by atoms with Gasteiger partial charge in [-0.05, 0) is 31.5 Å². The van der Waals surface area contributed by atoms with E-state index in [2.05, 4.69) is 10.6 Å². The van der Waals surface area contributed by atoms with Gasteiger partial charge in [-0.1, -0.05) is 6.07 Å².